The molecule has 1 amide bonds. The van der Waals surface area contributed by atoms with Crippen LogP contribution in [0.25, 0.3) is 0 Å². The van der Waals surface area contributed by atoms with Gasteiger partial charge in [-0.05, 0) is 30.4 Å². The number of carbonyl (C=O) groups excluding carboxylic acids is 1. The molecular weight excluding hydrogens is 307 g/mol. The molecule has 0 radical (unpaired) electrons. The van der Waals surface area contributed by atoms with Crippen LogP contribution in [0.15, 0.2) is 30.0 Å². The van der Waals surface area contributed by atoms with Crippen LogP contribution >= 0.6 is 35.4 Å². The van der Waals surface area contributed by atoms with Crippen molar-refractivity contribution in [2.45, 2.75) is 0 Å². The van der Waals surface area contributed by atoms with E-state index in [0.29, 0.717) is 15.7 Å². The van der Waals surface area contributed by atoms with Crippen LogP contribution in [0.3, 0.4) is 0 Å². The first-order chi connectivity index (χ1) is 8.93. The van der Waals surface area contributed by atoms with E-state index in [1.807, 2.05) is 0 Å². The predicted molar refractivity (Wildman–Crippen MR) is 78.7 cm³/mol. The van der Waals surface area contributed by atoms with Crippen molar-refractivity contribution in [3.8, 4) is 6.07 Å². The number of hydrogen-bond donors (Lipinski definition) is 3. The number of rotatable bonds is 3. The van der Waals surface area contributed by atoms with Crippen molar-refractivity contribution in [2.24, 2.45) is 5.73 Å². The van der Waals surface area contributed by atoms with Gasteiger partial charge < -0.3 is 16.4 Å². The van der Waals surface area contributed by atoms with Gasteiger partial charge in [-0.3, -0.25) is 4.79 Å². The van der Waals surface area contributed by atoms with Gasteiger partial charge in [-0.25, -0.2) is 0 Å². The summed E-state index contributed by atoms with van der Waals surface area (Å²) in [5, 5.41) is 14.9. The number of carbonyl (C=O) groups is 1. The molecule has 0 fully saturated rings. The summed E-state index contributed by atoms with van der Waals surface area (Å²) in [6.07, 6.45) is 1.12. The molecule has 98 valence electrons. The lowest BCUT2D eigenvalue weighted by atomic mass is 10.3. The Kier molecular flexibility index (Phi) is 5.57. The second kappa shape index (κ2) is 6.95. The fourth-order valence-electron chi connectivity index (χ4n) is 1.04. The van der Waals surface area contributed by atoms with E-state index in [9.17, 15) is 4.79 Å². The molecule has 0 atom stereocenters. The zero-order valence-electron chi connectivity index (χ0n) is 9.41. The third-order valence-electron chi connectivity index (χ3n) is 1.91. The number of primary amides is 1. The average Bonchev–Trinajstić information content (AvgIpc) is 2.34. The topological polar surface area (TPSA) is 90.9 Å². The molecule has 0 aromatic heterocycles. The van der Waals surface area contributed by atoms with E-state index >= 15 is 0 Å². The van der Waals surface area contributed by atoms with E-state index in [-0.39, 0.29) is 10.7 Å². The zero-order valence-corrected chi connectivity index (χ0v) is 11.7. The summed E-state index contributed by atoms with van der Waals surface area (Å²) in [5.41, 5.74) is 5.33. The third-order valence-corrected chi connectivity index (χ3v) is 2.87. The quantitative estimate of drug-likeness (QED) is 0.452. The van der Waals surface area contributed by atoms with Crippen molar-refractivity contribution in [2.75, 3.05) is 5.32 Å². The minimum atomic E-state index is -0.840. The highest BCUT2D eigenvalue weighted by atomic mass is 35.5. The summed E-state index contributed by atoms with van der Waals surface area (Å²) < 4.78 is 0. The summed E-state index contributed by atoms with van der Waals surface area (Å²) >= 11 is 16.6. The summed E-state index contributed by atoms with van der Waals surface area (Å²) in [5.74, 6) is -0.840. The van der Waals surface area contributed by atoms with Gasteiger partial charge in [-0.1, -0.05) is 23.2 Å². The first kappa shape index (κ1) is 15.2. The molecule has 0 aliphatic heterocycles. The van der Waals surface area contributed by atoms with Gasteiger partial charge in [0, 0.05) is 11.9 Å². The molecule has 0 heterocycles. The molecule has 0 aliphatic carbocycles. The molecule has 19 heavy (non-hydrogen) atoms. The summed E-state index contributed by atoms with van der Waals surface area (Å²) in [7, 11) is 0. The van der Waals surface area contributed by atoms with Crippen LogP contribution in [0.2, 0.25) is 10.0 Å². The first-order valence-corrected chi connectivity index (χ1v) is 6.03. The highest BCUT2D eigenvalue weighted by Gasteiger charge is 2.04. The van der Waals surface area contributed by atoms with Gasteiger partial charge >= 0.3 is 0 Å². The average molecular weight is 315 g/mol. The smallest absolute Gasteiger partial charge is 0.260 e. The Bertz CT molecular complexity index is 595. The fraction of sp³-hybridized carbons (Fsp3) is 0. The number of halogens is 2. The van der Waals surface area contributed by atoms with Crippen LogP contribution in [0.4, 0.5) is 5.69 Å². The maximum absolute atomic E-state index is 10.8. The summed E-state index contributed by atoms with van der Waals surface area (Å²) in [6.45, 7) is 0. The Balaban J connectivity index is 2.68. The highest BCUT2D eigenvalue weighted by Crippen LogP contribution is 2.24. The maximum Gasteiger partial charge on any atom is 0.260 e. The summed E-state index contributed by atoms with van der Waals surface area (Å²) in [6, 6.07) is 6.50. The minimum Gasteiger partial charge on any atom is -0.365 e. The third kappa shape index (κ3) is 4.75. The van der Waals surface area contributed by atoms with Crippen molar-refractivity contribution in [1.82, 2.24) is 5.32 Å². The van der Waals surface area contributed by atoms with E-state index in [1.165, 1.54) is 0 Å². The molecule has 1 aromatic carbocycles. The molecule has 5 nitrogen and oxygen atoms in total. The van der Waals surface area contributed by atoms with Crippen LogP contribution in [0.5, 0.6) is 0 Å². The molecule has 0 spiro atoms. The molecular formula is C11H8Cl2N4OS. The van der Waals surface area contributed by atoms with E-state index in [4.69, 9.17) is 46.4 Å². The van der Waals surface area contributed by atoms with Crippen LogP contribution in [0, 0.1) is 11.3 Å². The lowest BCUT2D eigenvalue weighted by molar-refractivity contribution is -0.114. The van der Waals surface area contributed by atoms with Gasteiger partial charge in [0.25, 0.3) is 5.91 Å². The fourth-order valence-corrected chi connectivity index (χ4v) is 1.51. The minimum absolute atomic E-state index is 0.174. The van der Waals surface area contributed by atoms with Gasteiger partial charge in [0.05, 0.1) is 10.0 Å². The van der Waals surface area contributed by atoms with Crippen molar-refractivity contribution in [3.05, 3.63) is 40.0 Å². The lowest BCUT2D eigenvalue weighted by Gasteiger charge is -2.08. The number of hydrogen-bond acceptors (Lipinski definition) is 3. The largest absolute Gasteiger partial charge is 0.365 e. The van der Waals surface area contributed by atoms with E-state index < -0.39 is 5.91 Å². The molecule has 0 bridgehead atoms. The van der Waals surface area contributed by atoms with Gasteiger partial charge in [-0.2, -0.15) is 5.26 Å². The predicted octanol–water partition coefficient (Wildman–Crippen LogP) is 2.17. The van der Waals surface area contributed by atoms with Gasteiger partial charge in [0.1, 0.15) is 11.6 Å². The molecule has 0 saturated heterocycles. The van der Waals surface area contributed by atoms with Gasteiger partial charge in [-0.15, -0.1) is 0 Å². The maximum atomic E-state index is 10.8. The SMILES string of the molecule is N#C/C(=C\NC(=S)Nc1ccc(Cl)c(Cl)c1)C(N)=O. The van der Waals surface area contributed by atoms with Crippen LogP contribution in [0.1, 0.15) is 0 Å². The van der Waals surface area contributed by atoms with Gasteiger partial charge in [0.2, 0.25) is 0 Å². The number of thiocarbonyl (C=S) groups is 1. The molecule has 8 heteroatoms. The Hall–Kier alpha value is -1.81. The number of nitriles is 1. The number of nitrogens with one attached hydrogen (secondary N) is 2. The zero-order chi connectivity index (χ0) is 14.4. The molecule has 0 saturated carbocycles. The first-order valence-electron chi connectivity index (χ1n) is 4.86. The second-order valence-electron chi connectivity index (χ2n) is 3.26. The van der Waals surface area contributed by atoms with Crippen LogP contribution in [-0.4, -0.2) is 11.0 Å². The van der Waals surface area contributed by atoms with E-state index in [2.05, 4.69) is 10.6 Å². The lowest BCUT2D eigenvalue weighted by Crippen LogP contribution is -2.25. The number of anilines is 1. The molecule has 1 aromatic rings. The standard InChI is InChI=1S/C11H8Cl2N4OS/c12-8-2-1-7(3-9(8)13)17-11(19)16-5-6(4-14)10(15)18/h1-3,5H,(H2,15,18)(H2,16,17,19)/b6-5+. The summed E-state index contributed by atoms with van der Waals surface area (Å²) in [4.78, 5) is 10.8. The Morgan fingerprint density at radius 1 is 1.42 bits per heavy atom. The Labute approximate surface area is 125 Å². The van der Waals surface area contributed by atoms with E-state index in [0.717, 1.165) is 6.20 Å². The number of amides is 1. The Morgan fingerprint density at radius 2 is 2.11 bits per heavy atom. The van der Waals surface area contributed by atoms with E-state index in [1.54, 1.807) is 24.3 Å². The van der Waals surface area contributed by atoms with Crippen LogP contribution in [-0.2, 0) is 4.79 Å². The number of benzene rings is 1. The van der Waals surface area contributed by atoms with Gasteiger partial charge in [0.15, 0.2) is 5.11 Å². The van der Waals surface area contributed by atoms with Crippen molar-refractivity contribution in [3.63, 3.8) is 0 Å². The molecule has 0 unspecified atom stereocenters. The Morgan fingerprint density at radius 3 is 2.63 bits per heavy atom. The van der Waals surface area contributed by atoms with Crippen molar-refractivity contribution in [1.29, 1.82) is 5.26 Å². The monoisotopic (exact) mass is 314 g/mol. The number of nitrogens with two attached hydrogens (primary N) is 1. The molecule has 4 N–H and O–H groups in total. The van der Waals surface area contributed by atoms with Crippen molar-refractivity contribution < 1.29 is 4.79 Å². The highest BCUT2D eigenvalue weighted by molar-refractivity contribution is 7.80. The van der Waals surface area contributed by atoms with Crippen LogP contribution < -0.4 is 16.4 Å². The molecule has 0 aliphatic rings. The van der Waals surface area contributed by atoms with Crippen molar-refractivity contribution >= 4 is 52.1 Å². The molecule has 1 rings (SSSR count). The second-order valence-corrected chi connectivity index (χ2v) is 4.48. The number of nitrogens with zero attached hydrogens (tertiary/aromatic N) is 1. The normalized spacial score (nSPS) is 10.5.